The highest BCUT2D eigenvalue weighted by Crippen LogP contribution is 2.30. The normalized spacial score (nSPS) is 16.9. The largest absolute Gasteiger partial charge is 0.356 e. The minimum Gasteiger partial charge on any atom is -0.356 e. The van der Waals surface area contributed by atoms with Crippen LogP contribution in [-0.4, -0.2) is 17.8 Å². The highest BCUT2D eigenvalue weighted by molar-refractivity contribution is 9.09. The summed E-state index contributed by atoms with van der Waals surface area (Å²) in [5.74, 6) is 0.915. The van der Waals surface area contributed by atoms with Gasteiger partial charge in [0.25, 0.3) is 0 Å². The molecule has 0 aromatic carbocycles. The minimum atomic E-state index is 0.245. The molecule has 0 spiro atoms. The molecule has 0 aromatic rings. The molecule has 94 valence electrons. The molecular formula is C13H24BrNO. The lowest BCUT2D eigenvalue weighted by molar-refractivity contribution is -0.123. The van der Waals surface area contributed by atoms with Gasteiger partial charge in [0.05, 0.1) is 0 Å². The second kappa shape index (κ2) is 6.63. The summed E-state index contributed by atoms with van der Waals surface area (Å²) >= 11 is 3.57. The third-order valence-electron chi connectivity index (χ3n) is 4.14. The van der Waals surface area contributed by atoms with E-state index < -0.39 is 0 Å². The first-order valence-corrected chi connectivity index (χ1v) is 7.60. The molecule has 1 N–H and O–H groups in total. The van der Waals surface area contributed by atoms with E-state index in [0.29, 0.717) is 5.92 Å². The Morgan fingerprint density at radius 1 is 1.38 bits per heavy atom. The summed E-state index contributed by atoms with van der Waals surface area (Å²) in [5, 5.41) is 4.08. The van der Waals surface area contributed by atoms with Gasteiger partial charge in [-0.15, -0.1) is 0 Å². The lowest BCUT2D eigenvalue weighted by atomic mass is 9.82. The molecule has 1 rings (SSSR count). The summed E-state index contributed by atoms with van der Waals surface area (Å²) in [5.41, 5.74) is 0.245. The van der Waals surface area contributed by atoms with Crippen LogP contribution in [0.15, 0.2) is 0 Å². The summed E-state index contributed by atoms with van der Waals surface area (Å²) in [7, 11) is 0. The highest BCUT2D eigenvalue weighted by atomic mass is 79.9. The maximum atomic E-state index is 11.7. The molecule has 0 aromatic heterocycles. The Kier molecular flexibility index (Phi) is 5.81. The van der Waals surface area contributed by atoms with Crippen LogP contribution in [0, 0.1) is 11.3 Å². The number of halogens is 1. The third-order valence-corrected chi connectivity index (χ3v) is 5.33. The van der Waals surface area contributed by atoms with Crippen molar-refractivity contribution in [1.82, 2.24) is 5.32 Å². The Bertz CT molecular complexity index is 214. The van der Waals surface area contributed by atoms with Gasteiger partial charge in [-0.1, -0.05) is 36.2 Å². The van der Waals surface area contributed by atoms with Gasteiger partial charge >= 0.3 is 0 Å². The summed E-state index contributed by atoms with van der Waals surface area (Å²) in [6, 6.07) is 0. The van der Waals surface area contributed by atoms with Crippen LogP contribution < -0.4 is 5.32 Å². The number of alkyl halides is 1. The molecule has 16 heavy (non-hydrogen) atoms. The fourth-order valence-electron chi connectivity index (χ4n) is 2.05. The van der Waals surface area contributed by atoms with E-state index in [-0.39, 0.29) is 11.3 Å². The molecule has 0 radical (unpaired) electrons. The zero-order chi connectivity index (χ0) is 12.0. The average molecular weight is 290 g/mol. The van der Waals surface area contributed by atoms with Crippen molar-refractivity contribution in [2.45, 2.75) is 52.4 Å². The molecule has 0 unspecified atom stereocenters. The Morgan fingerprint density at radius 2 is 2.00 bits per heavy atom. The molecule has 0 aliphatic heterocycles. The van der Waals surface area contributed by atoms with Crippen LogP contribution in [0.4, 0.5) is 0 Å². The quantitative estimate of drug-likeness (QED) is 0.714. The Balaban J connectivity index is 2.27. The van der Waals surface area contributed by atoms with E-state index in [4.69, 9.17) is 0 Å². The highest BCUT2D eigenvalue weighted by Gasteiger charge is 2.26. The maximum absolute atomic E-state index is 11.7. The van der Waals surface area contributed by atoms with Gasteiger partial charge in [0.15, 0.2) is 0 Å². The van der Waals surface area contributed by atoms with Crippen LogP contribution in [0.2, 0.25) is 0 Å². The average Bonchev–Trinajstić information content (AvgIpc) is 2.26. The molecule has 3 heteroatoms. The molecule has 0 bridgehead atoms. The van der Waals surface area contributed by atoms with Gasteiger partial charge in [0.1, 0.15) is 0 Å². The molecule has 1 fully saturated rings. The number of nitrogens with one attached hydrogen (secondary N) is 1. The van der Waals surface area contributed by atoms with E-state index in [1.54, 1.807) is 0 Å². The van der Waals surface area contributed by atoms with E-state index in [0.717, 1.165) is 31.1 Å². The van der Waals surface area contributed by atoms with Crippen molar-refractivity contribution in [1.29, 1.82) is 0 Å². The standard InChI is InChI=1S/C13H24BrNO/c1-3-13(4-2,9-14)10-15-12(16)8-11-6-5-7-11/h11H,3-10H2,1-2H3,(H,15,16). The van der Waals surface area contributed by atoms with Crippen LogP contribution >= 0.6 is 15.9 Å². The fourth-order valence-corrected chi connectivity index (χ4v) is 3.04. The third kappa shape index (κ3) is 3.76. The van der Waals surface area contributed by atoms with Crippen molar-refractivity contribution in [2.24, 2.45) is 11.3 Å². The van der Waals surface area contributed by atoms with E-state index in [2.05, 4.69) is 35.1 Å². The van der Waals surface area contributed by atoms with Crippen LogP contribution in [-0.2, 0) is 4.79 Å². The van der Waals surface area contributed by atoms with Crippen molar-refractivity contribution >= 4 is 21.8 Å². The first-order chi connectivity index (χ1) is 7.65. The summed E-state index contributed by atoms with van der Waals surface area (Å²) < 4.78 is 0. The number of carbonyl (C=O) groups excluding carboxylic acids is 1. The predicted molar refractivity (Wildman–Crippen MR) is 71.8 cm³/mol. The van der Waals surface area contributed by atoms with Crippen molar-refractivity contribution in [3.05, 3.63) is 0 Å². The Morgan fingerprint density at radius 3 is 2.38 bits per heavy atom. The zero-order valence-electron chi connectivity index (χ0n) is 10.5. The molecule has 1 amide bonds. The van der Waals surface area contributed by atoms with Crippen LogP contribution in [0.1, 0.15) is 52.4 Å². The second-order valence-corrected chi connectivity index (χ2v) is 5.68. The van der Waals surface area contributed by atoms with E-state index in [1.807, 2.05) is 0 Å². The molecule has 0 heterocycles. The van der Waals surface area contributed by atoms with E-state index >= 15 is 0 Å². The SMILES string of the molecule is CCC(CC)(CBr)CNC(=O)CC1CCC1. The monoisotopic (exact) mass is 289 g/mol. The van der Waals surface area contributed by atoms with Gasteiger partial charge < -0.3 is 5.32 Å². The van der Waals surface area contributed by atoms with Crippen LogP contribution in [0.3, 0.4) is 0 Å². The van der Waals surface area contributed by atoms with Crippen LogP contribution in [0.25, 0.3) is 0 Å². The zero-order valence-corrected chi connectivity index (χ0v) is 12.1. The lowest BCUT2D eigenvalue weighted by Crippen LogP contribution is -2.39. The maximum Gasteiger partial charge on any atom is 0.220 e. The van der Waals surface area contributed by atoms with Gasteiger partial charge in [0.2, 0.25) is 5.91 Å². The number of amides is 1. The molecule has 0 atom stereocenters. The topological polar surface area (TPSA) is 29.1 Å². The number of carbonyl (C=O) groups is 1. The molecule has 1 aliphatic rings. The second-order valence-electron chi connectivity index (χ2n) is 5.12. The number of rotatable bonds is 7. The van der Waals surface area contributed by atoms with Gasteiger partial charge in [-0.05, 0) is 37.0 Å². The van der Waals surface area contributed by atoms with Crippen molar-refractivity contribution < 1.29 is 4.79 Å². The molecule has 1 aliphatic carbocycles. The van der Waals surface area contributed by atoms with E-state index in [1.165, 1.54) is 19.3 Å². The molecule has 1 saturated carbocycles. The van der Waals surface area contributed by atoms with E-state index in [9.17, 15) is 4.79 Å². The number of hydrogen-bond acceptors (Lipinski definition) is 1. The Hall–Kier alpha value is -0.0500. The van der Waals surface area contributed by atoms with Gasteiger partial charge in [0, 0.05) is 18.3 Å². The first-order valence-electron chi connectivity index (χ1n) is 6.48. The summed E-state index contributed by atoms with van der Waals surface area (Å²) in [6.45, 7) is 5.21. The van der Waals surface area contributed by atoms with Crippen molar-refractivity contribution in [3.8, 4) is 0 Å². The van der Waals surface area contributed by atoms with Gasteiger partial charge in [-0.3, -0.25) is 4.79 Å². The predicted octanol–water partition coefficient (Wildman–Crippen LogP) is 3.49. The summed E-state index contributed by atoms with van der Waals surface area (Å²) in [4.78, 5) is 11.7. The van der Waals surface area contributed by atoms with Crippen molar-refractivity contribution in [2.75, 3.05) is 11.9 Å². The smallest absolute Gasteiger partial charge is 0.220 e. The molecule has 0 saturated heterocycles. The van der Waals surface area contributed by atoms with Crippen molar-refractivity contribution in [3.63, 3.8) is 0 Å². The lowest BCUT2D eigenvalue weighted by Gasteiger charge is -2.30. The van der Waals surface area contributed by atoms with Gasteiger partial charge in [-0.2, -0.15) is 0 Å². The number of hydrogen-bond donors (Lipinski definition) is 1. The van der Waals surface area contributed by atoms with Crippen LogP contribution in [0.5, 0.6) is 0 Å². The fraction of sp³-hybridized carbons (Fsp3) is 0.923. The minimum absolute atomic E-state index is 0.245. The molecular weight excluding hydrogens is 266 g/mol. The molecule has 2 nitrogen and oxygen atoms in total. The summed E-state index contributed by atoms with van der Waals surface area (Å²) in [6.07, 6.45) is 6.77. The first kappa shape index (κ1) is 14.0. The van der Waals surface area contributed by atoms with Gasteiger partial charge in [-0.25, -0.2) is 0 Å². The Labute approximate surface area is 108 Å².